The van der Waals surface area contributed by atoms with E-state index in [1.54, 1.807) is 24.3 Å². The lowest BCUT2D eigenvalue weighted by molar-refractivity contribution is -0.124. The Bertz CT molecular complexity index is 788. The molecule has 2 amide bonds. The fraction of sp³-hybridized carbons (Fsp3) is 0.250. The number of Topliss-reactive ketones (excluding diaryl/α,β-unsaturated/α-hetero) is 1. The maximum atomic E-state index is 12.0. The molecule has 0 saturated heterocycles. The van der Waals surface area contributed by atoms with Gasteiger partial charge in [0.1, 0.15) is 0 Å². The van der Waals surface area contributed by atoms with Crippen molar-refractivity contribution in [3.05, 3.63) is 64.7 Å². The number of anilines is 1. The van der Waals surface area contributed by atoms with Crippen LogP contribution in [0.4, 0.5) is 5.69 Å². The third kappa shape index (κ3) is 6.01. The molecule has 26 heavy (non-hydrogen) atoms. The number of amides is 2. The smallest absolute Gasteiger partial charge is 0.243 e. The van der Waals surface area contributed by atoms with Crippen LogP contribution in [0.25, 0.3) is 0 Å². The summed E-state index contributed by atoms with van der Waals surface area (Å²) in [6.07, 6.45) is 0.906. The number of rotatable bonds is 8. The van der Waals surface area contributed by atoms with Gasteiger partial charge in [0.15, 0.2) is 5.78 Å². The minimum atomic E-state index is -0.341. The molecule has 2 aromatic carbocycles. The van der Waals surface area contributed by atoms with Crippen molar-refractivity contribution in [3.63, 3.8) is 0 Å². The SMILES string of the molecule is CCc1ccccc1NC(=O)CNC(=O)CCC(=O)c1ccc(Cl)cc1. The molecule has 0 unspecified atom stereocenters. The van der Waals surface area contributed by atoms with Gasteiger partial charge in [-0.05, 0) is 42.3 Å². The second-order valence-corrected chi connectivity index (χ2v) is 6.20. The summed E-state index contributed by atoms with van der Waals surface area (Å²) in [7, 11) is 0. The highest BCUT2D eigenvalue weighted by Crippen LogP contribution is 2.15. The van der Waals surface area contributed by atoms with Crippen molar-refractivity contribution in [1.29, 1.82) is 0 Å². The molecular formula is C20H21ClN2O3. The van der Waals surface area contributed by atoms with E-state index in [0.29, 0.717) is 10.6 Å². The fourth-order valence-electron chi connectivity index (χ4n) is 2.42. The number of aryl methyl sites for hydroxylation is 1. The Kier molecular flexibility index (Phi) is 7.36. The Morgan fingerprint density at radius 1 is 0.923 bits per heavy atom. The number of ketones is 1. The van der Waals surface area contributed by atoms with Gasteiger partial charge in [-0.15, -0.1) is 0 Å². The number of nitrogens with one attached hydrogen (secondary N) is 2. The van der Waals surface area contributed by atoms with Crippen molar-refractivity contribution in [2.45, 2.75) is 26.2 Å². The van der Waals surface area contributed by atoms with Crippen LogP contribution in [0.3, 0.4) is 0 Å². The molecule has 0 aromatic heterocycles. The zero-order valence-electron chi connectivity index (χ0n) is 14.5. The highest BCUT2D eigenvalue weighted by atomic mass is 35.5. The summed E-state index contributed by atoms with van der Waals surface area (Å²) in [6, 6.07) is 14.0. The van der Waals surface area contributed by atoms with E-state index in [4.69, 9.17) is 11.6 Å². The highest BCUT2D eigenvalue weighted by Gasteiger charge is 2.11. The summed E-state index contributed by atoms with van der Waals surface area (Å²) >= 11 is 5.78. The molecular weight excluding hydrogens is 352 g/mol. The topological polar surface area (TPSA) is 75.3 Å². The summed E-state index contributed by atoms with van der Waals surface area (Å²) in [5, 5.41) is 5.86. The molecule has 0 fully saturated rings. The Balaban J connectivity index is 1.75. The van der Waals surface area contributed by atoms with Crippen LogP contribution in [0, 0.1) is 0 Å². The van der Waals surface area contributed by atoms with E-state index in [2.05, 4.69) is 10.6 Å². The van der Waals surface area contributed by atoms with Gasteiger partial charge >= 0.3 is 0 Å². The van der Waals surface area contributed by atoms with Crippen molar-refractivity contribution < 1.29 is 14.4 Å². The summed E-state index contributed by atoms with van der Waals surface area (Å²) in [5.74, 6) is -0.785. The Labute approximate surface area is 157 Å². The quantitative estimate of drug-likeness (QED) is 0.695. The Hall–Kier alpha value is -2.66. The molecule has 0 heterocycles. The van der Waals surface area contributed by atoms with Crippen LogP contribution in [-0.2, 0) is 16.0 Å². The van der Waals surface area contributed by atoms with Gasteiger partial charge < -0.3 is 10.6 Å². The molecule has 0 bridgehead atoms. The van der Waals surface area contributed by atoms with Crippen LogP contribution in [0.5, 0.6) is 0 Å². The molecule has 5 nitrogen and oxygen atoms in total. The number of hydrogen-bond donors (Lipinski definition) is 2. The molecule has 0 aliphatic heterocycles. The average Bonchev–Trinajstić information content (AvgIpc) is 2.65. The maximum Gasteiger partial charge on any atom is 0.243 e. The molecule has 2 aromatic rings. The number of carbonyl (C=O) groups is 3. The van der Waals surface area contributed by atoms with Crippen molar-refractivity contribution in [3.8, 4) is 0 Å². The van der Waals surface area contributed by atoms with Crippen LogP contribution in [0.15, 0.2) is 48.5 Å². The first-order chi connectivity index (χ1) is 12.5. The minimum absolute atomic E-state index is 0.0281. The van der Waals surface area contributed by atoms with Gasteiger partial charge in [0.25, 0.3) is 0 Å². The number of hydrogen-bond acceptors (Lipinski definition) is 3. The van der Waals surface area contributed by atoms with Crippen LogP contribution in [-0.4, -0.2) is 24.1 Å². The lowest BCUT2D eigenvalue weighted by Gasteiger charge is -2.10. The number of carbonyl (C=O) groups excluding carboxylic acids is 3. The van der Waals surface area contributed by atoms with E-state index in [1.165, 1.54) is 0 Å². The second-order valence-electron chi connectivity index (χ2n) is 5.77. The minimum Gasteiger partial charge on any atom is -0.347 e. The third-order valence-electron chi connectivity index (χ3n) is 3.86. The summed E-state index contributed by atoms with van der Waals surface area (Å²) in [5.41, 5.74) is 2.28. The lowest BCUT2D eigenvalue weighted by Crippen LogP contribution is -2.33. The largest absolute Gasteiger partial charge is 0.347 e. The zero-order valence-corrected chi connectivity index (χ0v) is 15.3. The first kappa shape index (κ1) is 19.7. The van der Waals surface area contributed by atoms with Crippen molar-refractivity contribution >= 4 is 34.9 Å². The van der Waals surface area contributed by atoms with E-state index >= 15 is 0 Å². The van der Waals surface area contributed by atoms with E-state index < -0.39 is 0 Å². The van der Waals surface area contributed by atoms with Crippen LogP contribution in [0.2, 0.25) is 5.02 Å². The van der Waals surface area contributed by atoms with Crippen LogP contribution in [0.1, 0.15) is 35.7 Å². The molecule has 2 N–H and O–H groups in total. The molecule has 0 aliphatic rings. The van der Waals surface area contributed by atoms with E-state index in [-0.39, 0.29) is 37.0 Å². The molecule has 0 saturated carbocycles. The van der Waals surface area contributed by atoms with Gasteiger partial charge in [0.2, 0.25) is 11.8 Å². The van der Waals surface area contributed by atoms with E-state index in [9.17, 15) is 14.4 Å². The van der Waals surface area contributed by atoms with Gasteiger partial charge in [-0.3, -0.25) is 14.4 Å². The monoisotopic (exact) mass is 372 g/mol. The van der Waals surface area contributed by atoms with Gasteiger partial charge in [-0.2, -0.15) is 0 Å². The van der Waals surface area contributed by atoms with Crippen LogP contribution >= 0.6 is 11.6 Å². The van der Waals surface area contributed by atoms with E-state index in [1.807, 2.05) is 31.2 Å². The van der Waals surface area contributed by atoms with Crippen molar-refractivity contribution in [1.82, 2.24) is 5.32 Å². The molecule has 136 valence electrons. The van der Waals surface area contributed by atoms with Crippen molar-refractivity contribution in [2.24, 2.45) is 0 Å². The highest BCUT2D eigenvalue weighted by molar-refractivity contribution is 6.30. The summed E-state index contributed by atoms with van der Waals surface area (Å²) in [6.45, 7) is 1.87. The van der Waals surface area contributed by atoms with Crippen LogP contribution < -0.4 is 10.6 Å². The third-order valence-corrected chi connectivity index (χ3v) is 4.12. The van der Waals surface area contributed by atoms with Gasteiger partial charge in [-0.1, -0.05) is 36.7 Å². The van der Waals surface area contributed by atoms with E-state index in [0.717, 1.165) is 17.7 Å². The maximum absolute atomic E-state index is 12.0. The summed E-state index contributed by atoms with van der Waals surface area (Å²) in [4.78, 5) is 35.8. The lowest BCUT2D eigenvalue weighted by atomic mass is 10.1. The molecule has 0 radical (unpaired) electrons. The molecule has 6 heteroatoms. The van der Waals surface area contributed by atoms with Gasteiger partial charge in [-0.25, -0.2) is 0 Å². The molecule has 0 aliphatic carbocycles. The molecule has 0 atom stereocenters. The predicted molar refractivity (Wildman–Crippen MR) is 102 cm³/mol. The number of para-hydroxylation sites is 1. The van der Waals surface area contributed by atoms with Gasteiger partial charge in [0.05, 0.1) is 6.54 Å². The summed E-state index contributed by atoms with van der Waals surface area (Å²) < 4.78 is 0. The first-order valence-electron chi connectivity index (χ1n) is 8.42. The normalized spacial score (nSPS) is 10.2. The van der Waals surface area contributed by atoms with Crippen molar-refractivity contribution in [2.75, 3.05) is 11.9 Å². The number of benzene rings is 2. The standard InChI is InChI=1S/C20H21ClN2O3/c1-2-14-5-3-4-6-17(14)23-20(26)13-22-19(25)12-11-18(24)15-7-9-16(21)10-8-15/h3-10H,2,11-13H2,1H3,(H,22,25)(H,23,26). The fourth-order valence-corrected chi connectivity index (χ4v) is 2.55. The second kappa shape index (κ2) is 9.73. The number of halogens is 1. The Morgan fingerprint density at radius 2 is 1.62 bits per heavy atom. The predicted octanol–water partition coefficient (Wildman–Crippen LogP) is 3.62. The Morgan fingerprint density at radius 3 is 2.31 bits per heavy atom. The van der Waals surface area contributed by atoms with Gasteiger partial charge in [0, 0.05) is 29.1 Å². The first-order valence-corrected chi connectivity index (χ1v) is 8.80. The molecule has 0 spiro atoms. The zero-order chi connectivity index (χ0) is 18.9. The molecule has 2 rings (SSSR count). The average molecular weight is 373 g/mol.